The first kappa shape index (κ1) is 22.8. The van der Waals surface area contributed by atoms with Crippen LogP contribution >= 0.6 is 15.9 Å². The molecule has 0 rings (SSSR count). The first-order chi connectivity index (χ1) is 10.1. The molecule has 0 saturated heterocycles. The maximum absolute atomic E-state index is 11.3. The van der Waals surface area contributed by atoms with E-state index in [1.165, 1.54) is 6.21 Å². The highest BCUT2D eigenvalue weighted by Gasteiger charge is 2.32. The van der Waals surface area contributed by atoms with Gasteiger partial charge in [-0.25, -0.2) is 4.79 Å². The van der Waals surface area contributed by atoms with E-state index >= 15 is 0 Å². The molecule has 128 valence electrons. The standard InChI is InChI=1S/C7H13BrN2O2.C6H11NO3/c1-3-7(8,4-2)5(11)10-6(9)12;1-5(8)2-3-7-4-6(9)10/h3-4H2,1-2H3,(H3,9,10,11,12);3,5,8H,2,4H2,1H3,(H,9,10). The Morgan fingerprint density at radius 3 is 2.18 bits per heavy atom. The lowest BCUT2D eigenvalue weighted by Crippen LogP contribution is -2.46. The second-order valence-electron chi connectivity index (χ2n) is 4.49. The number of amides is 3. The number of halogens is 1. The normalized spacial score (nSPS) is 12.2. The van der Waals surface area contributed by atoms with Gasteiger partial charge in [0.15, 0.2) is 0 Å². The Kier molecular flexibility index (Phi) is 12.5. The van der Waals surface area contributed by atoms with Gasteiger partial charge in [-0.15, -0.1) is 0 Å². The summed E-state index contributed by atoms with van der Waals surface area (Å²) in [5, 5.41) is 18.8. The molecule has 0 heterocycles. The second kappa shape index (κ2) is 12.1. The fourth-order valence-electron chi connectivity index (χ4n) is 1.16. The zero-order chi connectivity index (χ0) is 17.8. The van der Waals surface area contributed by atoms with Gasteiger partial charge in [-0.3, -0.25) is 19.9 Å². The van der Waals surface area contributed by atoms with Gasteiger partial charge in [0.1, 0.15) is 10.9 Å². The first-order valence-electron chi connectivity index (χ1n) is 6.76. The molecule has 0 spiro atoms. The van der Waals surface area contributed by atoms with E-state index in [1.54, 1.807) is 6.92 Å². The van der Waals surface area contributed by atoms with Gasteiger partial charge in [0, 0.05) is 12.6 Å². The quantitative estimate of drug-likeness (QED) is 0.385. The molecular weight excluding hydrogens is 358 g/mol. The number of aliphatic hydroxyl groups excluding tert-OH is 1. The van der Waals surface area contributed by atoms with Crippen molar-refractivity contribution in [2.45, 2.75) is 50.5 Å². The number of carboxylic acids is 1. The number of carbonyl (C=O) groups is 3. The number of carboxylic acid groups (broad SMARTS) is 1. The van der Waals surface area contributed by atoms with Gasteiger partial charge in [-0.1, -0.05) is 29.8 Å². The monoisotopic (exact) mass is 381 g/mol. The number of nitrogens with one attached hydrogen (secondary N) is 1. The first-order valence-corrected chi connectivity index (χ1v) is 7.56. The highest BCUT2D eigenvalue weighted by atomic mass is 79.9. The highest BCUT2D eigenvalue weighted by Crippen LogP contribution is 2.26. The van der Waals surface area contributed by atoms with Crippen LogP contribution in [0.4, 0.5) is 4.79 Å². The number of aliphatic imine (C=N–C) groups is 1. The number of aliphatic carboxylic acids is 1. The Hall–Kier alpha value is -1.48. The molecule has 1 atom stereocenters. The summed E-state index contributed by atoms with van der Waals surface area (Å²) in [6.07, 6.45) is 2.61. The smallest absolute Gasteiger partial charge is 0.325 e. The number of nitrogens with zero attached hydrogens (tertiary/aromatic N) is 1. The van der Waals surface area contributed by atoms with Gasteiger partial charge in [0.05, 0.1) is 6.10 Å². The molecule has 22 heavy (non-hydrogen) atoms. The van der Waals surface area contributed by atoms with E-state index in [9.17, 15) is 14.4 Å². The van der Waals surface area contributed by atoms with E-state index < -0.39 is 22.4 Å². The summed E-state index contributed by atoms with van der Waals surface area (Å²) in [6.45, 7) is 5.12. The van der Waals surface area contributed by atoms with Gasteiger partial charge >= 0.3 is 12.0 Å². The van der Waals surface area contributed by atoms with Gasteiger partial charge in [-0.05, 0) is 19.8 Å². The minimum Gasteiger partial charge on any atom is -0.480 e. The molecular formula is C13H24BrN3O5. The summed E-state index contributed by atoms with van der Waals surface area (Å²) in [6, 6.07) is -0.814. The molecule has 0 aliphatic rings. The zero-order valence-corrected chi connectivity index (χ0v) is 14.6. The van der Waals surface area contributed by atoms with E-state index in [0.29, 0.717) is 19.3 Å². The molecule has 0 aliphatic carbocycles. The van der Waals surface area contributed by atoms with Crippen LogP contribution in [0.15, 0.2) is 4.99 Å². The number of alkyl halides is 1. The highest BCUT2D eigenvalue weighted by molar-refractivity contribution is 9.10. The average molecular weight is 382 g/mol. The number of imide groups is 1. The van der Waals surface area contributed by atoms with Gasteiger partial charge < -0.3 is 15.9 Å². The lowest BCUT2D eigenvalue weighted by Gasteiger charge is -2.21. The Morgan fingerprint density at radius 2 is 1.86 bits per heavy atom. The molecule has 5 N–H and O–H groups in total. The fourth-order valence-corrected chi connectivity index (χ4v) is 1.26. The number of primary amides is 1. The van der Waals surface area contributed by atoms with E-state index in [2.05, 4.69) is 20.9 Å². The Balaban J connectivity index is 0. The van der Waals surface area contributed by atoms with Crippen LogP contribution in [0.25, 0.3) is 0 Å². The van der Waals surface area contributed by atoms with Crippen LogP contribution in [-0.4, -0.2) is 51.3 Å². The third kappa shape index (κ3) is 12.3. The number of carbonyl (C=O) groups excluding carboxylic acids is 2. The van der Waals surface area contributed by atoms with Crippen LogP contribution in [0.5, 0.6) is 0 Å². The topological polar surface area (TPSA) is 142 Å². The molecule has 0 aromatic rings. The van der Waals surface area contributed by atoms with E-state index in [4.69, 9.17) is 15.9 Å². The molecule has 3 amide bonds. The van der Waals surface area contributed by atoms with Gasteiger partial charge in [0.2, 0.25) is 5.91 Å². The molecule has 0 aromatic carbocycles. The molecule has 0 bridgehead atoms. The SMILES string of the molecule is CC(O)CC=NCC(=O)O.CCC(Br)(CC)C(=O)NC(N)=O. The lowest BCUT2D eigenvalue weighted by atomic mass is 10.0. The summed E-state index contributed by atoms with van der Waals surface area (Å²) in [5.41, 5.74) is 4.81. The van der Waals surface area contributed by atoms with Crippen molar-refractivity contribution in [3.8, 4) is 0 Å². The summed E-state index contributed by atoms with van der Waals surface area (Å²) < 4.78 is -0.665. The van der Waals surface area contributed by atoms with Crippen molar-refractivity contribution in [1.29, 1.82) is 0 Å². The molecule has 8 nitrogen and oxygen atoms in total. The molecule has 0 aromatic heterocycles. The van der Waals surface area contributed by atoms with Gasteiger partial charge in [0.25, 0.3) is 0 Å². The minimum atomic E-state index is -0.957. The fraction of sp³-hybridized carbons (Fsp3) is 0.692. The Bertz CT molecular complexity index is 395. The van der Waals surface area contributed by atoms with Crippen molar-refractivity contribution in [1.82, 2.24) is 5.32 Å². The van der Waals surface area contributed by atoms with Crippen LogP contribution in [0.3, 0.4) is 0 Å². The minimum absolute atomic E-state index is 0.216. The molecule has 9 heteroatoms. The summed E-state index contributed by atoms with van der Waals surface area (Å²) in [7, 11) is 0. The van der Waals surface area contributed by atoms with E-state index in [1.807, 2.05) is 19.2 Å². The maximum atomic E-state index is 11.3. The van der Waals surface area contributed by atoms with Gasteiger partial charge in [-0.2, -0.15) is 0 Å². The van der Waals surface area contributed by atoms with Crippen LogP contribution in [0, 0.1) is 0 Å². The number of urea groups is 1. The molecule has 0 radical (unpaired) electrons. The third-order valence-corrected chi connectivity index (χ3v) is 4.05. The van der Waals surface area contributed by atoms with Crippen molar-refractivity contribution in [3.63, 3.8) is 0 Å². The van der Waals surface area contributed by atoms with E-state index in [0.717, 1.165) is 0 Å². The number of hydrogen-bond acceptors (Lipinski definition) is 5. The number of rotatable bonds is 7. The van der Waals surface area contributed by atoms with Crippen molar-refractivity contribution in [3.05, 3.63) is 0 Å². The Morgan fingerprint density at radius 1 is 1.36 bits per heavy atom. The second-order valence-corrected chi connectivity index (χ2v) is 6.01. The number of hydrogen-bond donors (Lipinski definition) is 4. The number of aliphatic hydroxyl groups is 1. The lowest BCUT2D eigenvalue weighted by molar-refractivity contribution is -0.135. The van der Waals surface area contributed by atoms with E-state index in [-0.39, 0.29) is 12.5 Å². The van der Waals surface area contributed by atoms with Crippen LogP contribution in [0.2, 0.25) is 0 Å². The predicted octanol–water partition coefficient (Wildman–Crippen LogP) is 1.05. The van der Waals surface area contributed by atoms with Crippen molar-refractivity contribution >= 4 is 40.1 Å². The third-order valence-electron chi connectivity index (χ3n) is 2.57. The molecule has 1 unspecified atom stereocenters. The van der Waals surface area contributed by atoms with Crippen LogP contribution < -0.4 is 11.1 Å². The summed E-state index contributed by atoms with van der Waals surface area (Å²) >= 11 is 3.26. The molecule has 0 aliphatic heterocycles. The summed E-state index contributed by atoms with van der Waals surface area (Å²) in [4.78, 5) is 35.0. The molecule has 0 saturated carbocycles. The van der Waals surface area contributed by atoms with Crippen molar-refractivity contribution < 1.29 is 24.6 Å². The summed E-state index contributed by atoms with van der Waals surface area (Å²) in [5.74, 6) is -1.33. The maximum Gasteiger partial charge on any atom is 0.325 e. The molecule has 0 fully saturated rings. The average Bonchev–Trinajstić information content (AvgIpc) is 2.42. The van der Waals surface area contributed by atoms with Crippen molar-refractivity contribution in [2.24, 2.45) is 10.7 Å². The number of nitrogens with two attached hydrogens (primary N) is 1. The van der Waals surface area contributed by atoms with Crippen molar-refractivity contribution in [2.75, 3.05) is 6.54 Å². The zero-order valence-electron chi connectivity index (χ0n) is 13.0. The van der Waals surface area contributed by atoms with Crippen LogP contribution in [0.1, 0.15) is 40.0 Å². The largest absolute Gasteiger partial charge is 0.480 e. The van der Waals surface area contributed by atoms with Crippen LogP contribution in [-0.2, 0) is 9.59 Å². The Labute approximate surface area is 138 Å². The predicted molar refractivity (Wildman–Crippen MR) is 87.3 cm³/mol.